The maximum Gasteiger partial charge on any atom is 0.317 e. The summed E-state index contributed by atoms with van der Waals surface area (Å²) in [4.78, 5) is 28.0. The Morgan fingerprint density at radius 3 is 2.53 bits per heavy atom. The summed E-state index contributed by atoms with van der Waals surface area (Å²) in [5.74, 6) is -0.775. The average molecular weight is 708 g/mol. The van der Waals surface area contributed by atoms with E-state index >= 15 is 0 Å². The van der Waals surface area contributed by atoms with Crippen LogP contribution in [0.2, 0.25) is 0 Å². The van der Waals surface area contributed by atoms with Crippen LogP contribution in [-0.2, 0) is 19.1 Å². The smallest absolute Gasteiger partial charge is 0.317 e. The van der Waals surface area contributed by atoms with E-state index in [2.05, 4.69) is 0 Å². The van der Waals surface area contributed by atoms with Gasteiger partial charge < -0.3 is 65.1 Å². The first-order valence-electron chi connectivity index (χ1n) is 16.1. The van der Waals surface area contributed by atoms with Gasteiger partial charge in [0.1, 0.15) is 48.4 Å². The molecule has 4 aliphatic heterocycles. The molecule has 1 fully saturated rings. The standard InChI is InChI=1S/C35H37N3O13/c1-45-21-8-7-16-19-13-47-22-10-14(48-35-28(44)26(42)27(43)32(51-35)33(34(36)37)49-24(41)11-23(39)40)9-17(18-12-38-20-6-4-3-5-15(18)20)25(22)29(19)50-30(16)31(21)46-2/h3-10,19,26-29,32-35,42-44H,11-13,36-37H2,1-2H3,(H,39,40)/t19-,26-,27-,28+,29+,32-,33-,35+/m0/s1. The predicted molar refractivity (Wildman–Crippen MR) is 174 cm³/mol. The van der Waals surface area contributed by atoms with Gasteiger partial charge in [-0.15, -0.1) is 0 Å². The van der Waals surface area contributed by atoms with E-state index in [-0.39, 0.29) is 18.3 Å². The van der Waals surface area contributed by atoms with Gasteiger partial charge in [0.25, 0.3) is 0 Å². The maximum absolute atomic E-state index is 12.2. The minimum atomic E-state index is -1.87. The molecule has 3 aromatic rings. The zero-order chi connectivity index (χ0) is 36.1. The Morgan fingerprint density at radius 1 is 1.02 bits per heavy atom. The molecule has 0 spiro atoms. The zero-order valence-electron chi connectivity index (χ0n) is 27.5. The number of aliphatic hydroxyl groups is 3. The van der Waals surface area contributed by atoms with Crippen LogP contribution in [0.4, 0.5) is 0 Å². The van der Waals surface area contributed by atoms with Gasteiger partial charge >= 0.3 is 11.9 Å². The Balaban J connectivity index is 1.28. The van der Waals surface area contributed by atoms with E-state index in [4.69, 9.17) is 54.7 Å². The Morgan fingerprint density at radius 2 is 1.80 bits per heavy atom. The molecule has 16 nitrogen and oxygen atoms in total. The van der Waals surface area contributed by atoms with E-state index in [0.717, 1.165) is 27.3 Å². The largest absolute Gasteiger partial charge is 0.493 e. The number of nitrogens with zero attached hydrogens (tertiary/aromatic N) is 1. The van der Waals surface area contributed by atoms with Gasteiger partial charge in [-0.05, 0) is 29.3 Å². The predicted octanol–water partition coefficient (Wildman–Crippen LogP) is -1.04. The Labute approximate surface area is 290 Å². The summed E-state index contributed by atoms with van der Waals surface area (Å²) in [6.07, 6.45) is -13.4. The number of carbonyl (C=O) groups excluding carboxylic acids is 1. The van der Waals surface area contributed by atoms with Gasteiger partial charge in [-0.25, -0.2) is 0 Å². The molecular formula is C35H37N3O13. The fourth-order valence-corrected chi connectivity index (χ4v) is 7.05. The van der Waals surface area contributed by atoms with Gasteiger partial charge in [0.2, 0.25) is 12.0 Å². The maximum atomic E-state index is 12.2. The third kappa shape index (κ3) is 6.09. The highest BCUT2D eigenvalue weighted by Crippen LogP contribution is 2.57. The highest BCUT2D eigenvalue weighted by molar-refractivity contribution is 5.90. The molecule has 0 radical (unpaired) electrons. The summed E-state index contributed by atoms with van der Waals surface area (Å²) >= 11 is 0. The monoisotopic (exact) mass is 707 g/mol. The molecule has 0 aromatic heterocycles. The first-order chi connectivity index (χ1) is 24.5. The number of carboxylic acid groups (broad SMARTS) is 1. The number of carboxylic acids is 1. The van der Waals surface area contributed by atoms with Gasteiger partial charge in [-0.2, -0.15) is 0 Å². The number of aliphatic hydroxyl groups excluding tert-OH is 3. The molecule has 270 valence electrons. The molecule has 0 bridgehead atoms. The molecule has 8 atom stereocenters. The number of nitrogens with two attached hydrogens (primary N) is 2. The highest BCUT2D eigenvalue weighted by atomic mass is 16.7. The van der Waals surface area contributed by atoms with Crippen LogP contribution in [0.3, 0.4) is 0 Å². The number of methoxy groups -OCH3 is 2. The minimum Gasteiger partial charge on any atom is -0.493 e. The average Bonchev–Trinajstić information content (AvgIpc) is 3.71. The van der Waals surface area contributed by atoms with Crippen molar-refractivity contribution < 1.29 is 63.2 Å². The molecular weight excluding hydrogens is 670 g/mol. The number of carbonyl (C=O) groups is 2. The van der Waals surface area contributed by atoms with Crippen molar-refractivity contribution in [1.29, 1.82) is 0 Å². The van der Waals surface area contributed by atoms with Crippen LogP contribution in [0.25, 0.3) is 5.57 Å². The van der Waals surface area contributed by atoms with Crippen LogP contribution in [0.5, 0.6) is 28.7 Å². The van der Waals surface area contributed by atoms with E-state index < -0.39 is 67.4 Å². The number of hydrogen-bond donors (Lipinski definition) is 6. The van der Waals surface area contributed by atoms with Crippen molar-refractivity contribution in [1.82, 2.24) is 0 Å². The van der Waals surface area contributed by atoms with Gasteiger partial charge in [0.15, 0.2) is 17.6 Å². The summed E-state index contributed by atoms with van der Waals surface area (Å²) in [6.45, 7) is 0.580. The summed E-state index contributed by atoms with van der Waals surface area (Å²) in [5.41, 5.74) is 14.8. The van der Waals surface area contributed by atoms with Gasteiger partial charge in [0, 0.05) is 22.4 Å². The molecule has 51 heavy (non-hydrogen) atoms. The highest BCUT2D eigenvalue weighted by Gasteiger charge is 2.51. The number of aliphatic carboxylic acids is 1. The van der Waals surface area contributed by atoms with Crippen molar-refractivity contribution in [2.45, 2.75) is 61.4 Å². The number of fused-ring (bicyclic) bond motifs is 6. The molecule has 0 unspecified atom stereocenters. The first kappa shape index (κ1) is 34.5. The summed E-state index contributed by atoms with van der Waals surface area (Å²) in [5, 5.41) is 43.3. The molecule has 3 aromatic carbocycles. The van der Waals surface area contributed by atoms with E-state index in [1.165, 1.54) is 0 Å². The topological polar surface area (TPSA) is 244 Å². The van der Waals surface area contributed by atoms with E-state index in [1.54, 1.807) is 26.4 Å². The van der Waals surface area contributed by atoms with Crippen LogP contribution in [0, 0.1) is 0 Å². The summed E-state index contributed by atoms with van der Waals surface area (Å²) in [6, 6.07) is 14.7. The Kier molecular flexibility index (Phi) is 9.21. The van der Waals surface area contributed by atoms with Gasteiger partial charge in [0.05, 0.1) is 44.8 Å². The van der Waals surface area contributed by atoms with Crippen molar-refractivity contribution in [3.05, 3.63) is 75.8 Å². The number of benzene rings is 3. The third-order valence-corrected chi connectivity index (χ3v) is 9.45. The molecule has 0 saturated carbocycles. The van der Waals surface area contributed by atoms with Crippen LogP contribution in [-0.4, -0.2) is 103 Å². The van der Waals surface area contributed by atoms with Gasteiger partial charge in [-0.3, -0.25) is 14.6 Å². The fraction of sp³-hybridized carbons (Fsp3) is 0.400. The second kappa shape index (κ2) is 13.6. The van der Waals surface area contributed by atoms with Crippen molar-refractivity contribution in [3.63, 3.8) is 0 Å². The molecule has 16 heteroatoms. The molecule has 4 aliphatic rings. The van der Waals surface area contributed by atoms with Crippen molar-refractivity contribution >= 4 is 17.5 Å². The fourth-order valence-electron chi connectivity index (χ4n) is 7.05. The molecule has 8 N–H and O–H groups in total. The number of rotatable bonds is 10. The lowest BCUT2D eigenvalue weighted by atomic mass is 9.84. The molecule has 1 saturated heterocycles. The zero-order valence-corrected chi connectivity index (χ0v) is 27.5. The minimum absolute atomic E-state index is 0.150. The number of para-hydroxylation sites is 1. The molecule has 0 amide bonds. The summed E-state index contributed by atoms with van der Waals surface area (Å²) < 4.78 is 41.3. The lowest BCUT2D eigenvalue weighted by Crippen LogP contribution is -2.66. The quantitative estimate of drug-likeness (QED) is 0.0838. The lowest BCUT2D eigenvalue weighted by molar-refractivity contribution is -0.291. The van der Waals surface area contributed by atoms with Crippen LogP contribution < -0.4 is 45.7 Å². The van der Waals surface area contributed by atoms with Crippen molar-refractivity contribution in [3.8, 4) is 28.7 Å². The van der Waals surface area contributed by atoms with Gasteiger partial charge in [-0.1, -0.05) is 24.3 Å². The van der Waals surface area contributed by atoms with E-state index in [9.17, 15) is 24.9 Å². The molecule has 0 aliphatic carbocycles. The van der Waals surface area contributed by atoms with E-state index in [0.29, 0.717) is 35.1 Å². The normalized spacial score (nSPS) is 26.4. The van der Waals surface area contributed by atoms with Crippen molar-refractivity contribution in [2.75, 3.05) is 27.4 Å². The SMILES string of the molecule is COc1ccc2c(c1OC)O[C@H]1c3c(cc(O[C@@H]4O[C@H]([C@H](OC(=O)CC(=O)O)C(N)N)[C@@H](O)[C@H](O)[C@H]4O)cc3C3=c4ccccc4=NC3)OC[C@@H]21. The Hall–Kier alpha value is -4.97. The first-order valence-corrected chi connectivity index (χ1v) is 16.1. The number of esters is 1. The summed E-state index contributed by atoms with van der Waals surface area (Å²) in [7, 11) is 3.09. The van der Waals surface area contributed by atoms with E-state index in [1.807, 2.05) is 36.4 Å². The molecule has 4 heterocycles. The second-order valence-electron chi connectivity index (χ2n) is 12.5. The second-order valence-corrected chi connectivity index (χ2v) is 12.5. The number of ether oxygens (including phenoxy) is 7. The Bertz CT molecular complexity index is 1990. The van der Waals surface area contributed by atoms with Crippen molar-refractivity contribution in [2.24, 2.45) is 16.5 Å². The number of hydrogen-bond acceptors (Lipinski definition) is 15. The van der Waals surface area contributed by atoms with Crippen LogP contribution in [0.15, 0.2) is 53.5 Å². The third-order valence-electron chi connectivity index (χ3n) is 9.45. The van der Waals surface area contributed by atoms with Crippen LogP contribution >= 0.6 is 0 Å². The molecule has 7 rings (SSSR count). The lowest BCUT2D eigenvalue weighted by Gasteiger charge is -2.43. The van der Waals surface area contributed by atoms with Crippen LogP contribution in [0.1, 0.15) is 35.1 Å².